The van der Waals surface area contributed by atoms with Crippen LogP contribution in [0, 0.1) is 39.4 Å². The summed E-state index contributed by atoms with van der Waals surface area (Å²) in [7, 11) is 0. The highest BCUT2D eigenvalue weighted by atomic mass is 16.3. The monoisotopic (exact) mass is 522 g/mol. The van der Waals surface area contributed by atoms with E-state index in [0.717, 1.165) is 24.0 Å². The lowest BCUT2D eigenvalue weighted by atomic mass is 9.42. The second-order valence-electron chi connectivity index (χ2n) is 14.7. The number of hydrogen-bond acceptors (Lipinski definition) is 7. The Morgan fingerprint density at radius 2 is 1.65 bits per heavy atom. The lowest BCUT2D eigenvalue weighted by molar-refractivity contribution is -0.168. The molecule has 0 heterocycles. The molecule has 4 aliphatic carbocycles. The molecule has 7 heteroatoms. The molecule has 4 aliphatic rings. The molecule has 2 saturated carbocycles. The van der Waals surface area contributed by atoms with Gasteiger partial charge in [-0.25, -0.2) is 0 Å². The van der Waals surface area contributed by atoms with Crippen molar-refractivity contribution >= 4 is 5.78 Å². The molecule has 0 spiro atoms. The van der Waals surface area contributed by atoms with Gasteiger partial charge in [-0.15, -0.1) is 0 Å². The van der Waals surface area contributed by atoms with Crippen LogP contribution < -0.4 is 0 Å². The molecule has 0 aromatic rings. The number of aliphatic hydroxyl groups excluding tert-OH is 5. The number of hydrogen-bond donors (Lipinski definition) is 6. The first-order chi connectivity index (χ1) is 16.9. The van der Waals surface area contributed by atoms with Crippen molar-refractivity contribution in [1.29, 1.82) is 0 Å². The molecule has 7 nitrogen and oxygen atoms in total. The molecule has 0 aromatic carbocycles. The number of allylic oxidation sites excluding steroid dienone is 1. The molecule has 1 unspecified atom stereocenters. The van der Waals surface area contributed by atoms with E-state index in [1.165, 1.54) is 0 Å². The second kappa shape index (κ2) is 9.10. The first-order valence-electron chi connectivity index (χ1n) is 14.2. The lowest BCUT2D eigenvalue weighted by Crippen LogP contribution is -2.62. The number of rotatable bonds is 6. The maximum atomic E-state index is 14.0. The van der Waals surface area contributed by atoms with Crippen molar-refractivity contribution in [3.8, 4) is 0 Å². The Balaban J connectivity index is 1.74. The summed E-state index contributed by atoms with van der Waals surface area (Å²) in [6.45, 7) is 13.2. The maximum absolute atomic E-state index is 14.0. The predicted octanol–water partition coefficient (Wildman–Crippen LogP) is 2.74. The Hall–Kier alpha value is -0.830. The molecule has 6 N–H and O–H groups in total. The summed E-state index contributed by atoms with van der Waals surface area (Å²) in [5.41, 5.74) is -1.82. The molecule has 212 valence electrons. The Kier molecular flexibility index (Phi) is 7.17. The molecular formula is C30H50O7. The van der Waals surface area contributed by atoms with E-state index in [1.807, 2.05) is 13.8 Å². The van der Waals surface area contributed by atoms with E-state index in [9.17, 15) is 35.4 Å². The average Bonchev–Trinajstić information content (AvgIpc) is 3.07. The number of carbonyl (C=O) groups excluding carboxylic acids is 1. The first-order valence-corrected chi connectivity index (χ1v) is 14.2. The molecule has 0 saturated heterocycles. The van der Waals surface area contributed by atoms with E-state index in [0.29, 0.717) is 32.1 Å². The van der Waals surface area contributed by atoms with Gasteiger partial charge in [0.1, 0.15) is 0 Å². The van der Waals surface area contributed by atoms with Gasteiger partial charge in [-0.2, -0.15) is 0 Å². The fraction of sp³-hybridized carbons (Fsp3) is 0.900. The van der Waals surface area contributed by atoms with Crippen molar-refractivity contribution in [1.82, 2.24) is 0 Å². The third-order valence-electron chi connectivity index (χ3n) is 12.1. The third-order valence-corrected chi connectivity index (χ3v) is 12.1. The first kappa shape index (κ1) is 29.2. The van der Waals surface area contributed by atoms with Crippen LogP contribution in [0.3, 0.4) is 0 Å². The minimum absolute atomic E-state index is 0.0471. The van der Waals surface area contributed by atoms with Gasteiger partial charge in [0.25, 0.3) is 0 Å². The van der Waals surface area contributed by atoms with E-state index < -0.39 is 51.7 Å². The van der Waals surface area contributed by atoms with E-state index >= 15 is 0 Å². The van der Waals surface area contributed by atoms with Crippen LogP contribution in [0.5, 0.6) is 0 Å². The van der Waals surface area contributed by atoms with E-state index in [1.54, 1.807) is 13.8 Å². The summed E-state index contributed by atoms with van der Waals surface area (Å²) in [4.78, 5) is 14.0. The van der Waals surface area contributed by atoms with Gasteiger partial charge in [0.05, 0.1) is 30.0 Å². The Morgan fingerprint density at radius 1 is 1.03 bits per heavy atom. The Morgan fingerprint density at radius 3 is 2.22 bits per heavy atom. The molecule has 0 bridgehead atoms. The zero-order valence-electron chi connectivity index (χ0n) is 23.8. The standard InChI is InChI=1S/C30H50O7/c1-26(2)21-13-19(32)24-18(28(21,5)14-20(33)25(26)36)12-23(35)30(7)17(10-11-29(24,30)6)16(15-31)8-9-22(34)27(3,4)37/h16-17,20-23,25,31,33-37H,8-15H2,1-7H3/t16-,17+,20+,21-,22?,23-,25-,28+,29-,30-/m0/s1. The van der Waals surface area contributed by atoms with Crippen LogP contribution in [-0.2, 0) is 4.79 Å². The summed E-state index contributed by atoms with van der Waals surface area (Å²) in [6, 6.07) is 0. The zero-order chi connectivity index (χ0) is 27.9. The highest BCUT2D eigenvalue weighted by Crippen LogP contribution is 2.71. The van der Waals surface area contributed by atoms with Crippen LogP contribution in [0.25, 0.3) is 0 Å². The smallest absolute Gasteiger partial charge is 0.159 e. The van der Waals surface area contributed by atoms with Crippen LogP contribution in [0.15, 0.2) is 11.1 Å². The second-order valence-corrected chi connectivity index (χ2v) is 14.7. The van der Waals surface area contributed by atoms with Crippen LogP contribution >= 0.6 is 0 Å². The van der Waals surface area contributed by atoms with Gasteiger partial charge in [-0.1, -0.05) is 40.2 Å². The normalized spacial score (nSPS) is 45.2. The molecule has 10 atom stereocenters. The van der Waals surface area contributed by atoms with Crippen molar-refractivity contribution in [2.45, 2.75) is 123 Å². The van der Waals surface area contributed by atoms with Gasteiger partial charge >= 0.3 is 0 Å². The molecule has 4 rings (SSSR count). The van der Waals surface area contributed by atoms with Crippen LogP contribution in [-0.4, -0.2) is 73.0 Å². The van der Waals surface area contributed by atoms with Crippen molar-refractivity contribution < 1.29 is 35.4 Å². The fourth-order valence-electron chi connectivity index (χ4n) is 9.46. The highest BCUT2D eigenvalue weighted by Gasteiger charge is 2.68. The lowest BCUT2D eigenvalue weighted by Gasteiger charge is -2.63. The largest absolute Gasteiger partial charge is 0.396 e. The van der Waals surface area contributed by atoms with Gasteiger partial charge in [-0.3, -0.25) is 4.79 Å². The Labute approximate surface area is 222 Å². The van der Waals surface area contributed by atoms with Crippen LogP contribution in [0.4, 0.5) is 0 Å². The number of Topliss-reactive ketones (excluding diaryl/α,β-unsaturated/α-hetero) is 1. The number of fused-ring (bicyclic) bond motifs is 4. The molecule has 0 aromatic heterocycles. The molecule has 37 heavy (non-hydrogen) atoms. The minimum atomic E-state index is -1.23. The number of ketones is 1. The summed E-state index contributed by atoms with van der Waals surface area (Å²) < 4.78 is 0. The van der Waals surface area contributed by atoms with Gasteiger partial charge in [-0.05, 0) is 81.0 Å². The molecule has 0 aliphatic heterocycles. The summed E-state index contributed by atoms with van der Waals surface area (Å²) in [6.07, 6.45) is -0.0812. The fourth-order valence-corrected chi connectivity index (χ4v) is 9.46. The van der Waals surface area contributed by atoms with Gasteiger partial charge in [0.2, 0.25) is 0 Å². The summed E-state index contributed by atoms with van der Waals surface area (Å²) in [5.74, 6) is -0.258. The van der Waals surface area contributed by atoms with E-state index in [-0.39, 0.29) is 30.1 Å². The highest BCUT2D eigenvalue weighted by molar-refractivity contribution is 5.99. The minimum Gasteiger partial charge on any atom is -0.396 e. The molecule has 0 radical (unpaired) electrons. The van der Waals surface area contributed by atoms with Crippen molar-refractivity contribution in [3.63, 3.8) is 0 Å². The molecule has 2 fully saturated rings. The summed E-state index contributed by atoms with van der Waals surface area (Å²) in [5, 5.41) is 64.6. The molecular weight excluding hydrogens is 472 g/mol. The predicted molar refractivity (Wildman–Crippen MR) is 140 cm³/mol. The zero-order valence-corrected chi connectivity index (χ0v) is 23.8. The van der Waals surface area contributed by atoms with E-state index in [2.05, 4.69) is 20.8 Å². The van der Waals surface area contributed by atoms with Crippen molar-refractivity contribution in [3.05, 3.63) is 11.1 Å². The van der Waals surface area contributed by atoms with Gasteiger partial charge < -0.3 is 30.6 Å². The van der Waals surface area contributed by atoms with Gasteiger partial charge in [0.15, 0.2) is 5.78 Å². The SMILES string of the molecule is CC(C)(O)C(O)CC[C@@H](CO)[C@H]1CC[C@@]2(C)C3=C(C[C@H](O)[C@]12C)[C@@]1(C)C[C@@H](O)[C@H](O)C(C)(C)[C@@H]1CC3=O. The van der Waals surface area contributed by atoms with Crippen LogP contribution in [0.1, 0.15) is 93.4 Å². The van der Waals surface area contributed by atoms with E-state index in [4.69, 9.17) is 0 Å². The number of aliphatic hydroxyl groups is 6. The quantitative estimate of drug-likeness (QED) is 0.315. The number of carbonyl (C=O) groups is 1. The summed E-state index contributed by atoms with van der Waals surface area (Å²) >= 11 is 0. The Bertz CT molecular complexity index is 950. The van der Waals surface area contributed by atoms with Crippen molar-refractivity contribution in [2.24, 2.45) is 39.4 Å². The van der Waals surface area contributed by atoms with Crippen LogP contribution in [0.2, 0.25) is 0 Å². The topological polar surface area (TPSA) is 138 Å². The van der Waals surface area contributed by atoms with Gasteiger partial charge in [0, 0.05) is 29.4 Å². The maximum Gasteiger partial charge on any atom is 0.159 e. The van der Waals surface area contributed by atoms with Crippen molar-refractivity contribution in [2.75, 3.05) is 6.61 Å². The molecule has 0 amide bonds. The average molecular weight is 523 g/mol. The third kappa shape index (κ3) is 4.02.